The first-order chi connectivity index (χ1) is 6.79. The molecule has 2 rings (SSSR count). The summed E-state index contributed by atoms with van der Waals surface area (Å²) in [6, 6.07) is 10.2. The Balaban J connectivity index is 2.58. The third-order valence-corrected chi connectivity index (χ3v) is 1.94. The maximum atomic E-state index is 10.9. The van der Waals surface area contributed by atoms with E-state index in [0.717, 1.165) is 0 Å². The first-order valence-electron chi connectivity index (χ1n) is 4.15. The van der Waals surface area contributed by atoms with Crippen molar-refractivity contribution in [3.8, 4) is 11.3 Å². The molecule has 0 amide bonds. The van der Waals surface area contributed by atoms with E-state index in [-0.39, 0.29) is 5.56 Å². The molecule has 0 fully saturated rings. The molecule has 3 nitrogen and oxygen atoms in total. The van der Waals surface area contributed by atoms with Gasteiger partial charge in [0, 0.05) is 5.56 Å². The van der Waals surface area contributed by atoms with Crippen molar-refractivity contribution in [1.29, 1.82) is 0 Å². The van der Waals surface area contributed by atoms with E-state index in [1.165, 1.54) is 6.26 Å². The number of hydrogen-bond acceptors (Lipinski definition) is 2. The summed E-state index contributed by atoms with van der Waals surface area (Å²) in [6.45, 7) is 0. The Morgan fingerprint density at radius 2 is 1.93 bits per heavy atom. The first kappa shape index (κ1) is 8.56. The van der Waals surface area contributed by atoms with Crippen LogP contribution < -0.4 is 0 Å². The van der Waals surface area contributed by atoms with E-state index in [0.29, 0.717) is 11.3 Å². The molecule has 0 aliphatic rings. The predicted octanol–water partition coefficient (Wildman–Crippen LogP) is 2.64. The summed E-state index contributed by atoms with van der Waals surface area (Å²) in [5.74, 6) is -0.375. The van der Waals surface area contributed by atoms with E-state index in [2.05, 4.69) is 0 Å². The van der Waals surface area contributed by atoms with Crippen molar-refractivity contribution >= 4 is 5.97 Å². The number of furan rings is 1. The minimum atomic E-state index is -0.947. The molecule has 1 N–H and O–H groups in total. The van der Waals surface area contributed by atoms with Crippen LogP contribution in [0.25, 0.3) is 11.3 Å². The largest absolute Gasteiger partial charge is 0.478 e. The van der Waals surface area contributed by atoms with Gasteiger partial charge in [0.2, 0.25) is 0 Å². The Labute approximate surface area is 80.6 Å². The lowest BCUT2D eigenvalue weighted by atomic mass is 10.1. The summed E-state index contributed by atoms with van der Waals surface area (Å²) < 4.78 is 5.15. The van der Waals surface area contributed by atoms with Gasteiger partial charge in [-0.3, -0.25) is 0 Å². The molecule has 14 heavy (non-hydrogen) atoms. The van der Waals surface area contributed by atoms with E-state index in [9.17, 15) is 4.79 Å². The van der Waals surface area contributed by atoms with Crippen LogP contribution in [0.15, 0.2) is 47.1 Å². The fraction of sp³-hybridized carbons (Fsp3) is 0. The van der Waals surface area contributed by atoms with Crippen molar-refractivity contribution in [1.82, 2.24) is 0 Å². The maximum absolute atomic E-state index is 10.9. The third-order valence-electron chi connectivity index (χ3n) is 1.94. The smallest absolute Gasteiger partial charge is 0.336 e. The summed E-state index contributed by atoms with van der Waals surface area (Å²) in [5, 5.41) is 8.92. The number of rotatable bonds is 2. The van der Waals surface area contributed by atoms with Gasteiger partial charge in [0.15, 0.2) is 0 Å². The predicted molar refractivity (Wildman–Crippen MR) is 51.1 cm³/mol. The van der Waals surface area contributed by atoms with Crippen LogP contribution in [0.4, 0.5) is 0 Å². The first-order valence-corrected chi connectivity index (χ1v) is 4.15. The summed E-state index contributed by atoms with van der Waals surface area (Å²) in [4.78, 5) is 10.9. The van der Waals surface area contributed by atoms with Gasteiger partial charge in [-0.1, -0.05) is 18.2 Å². The average molecular weight is 188 g/mol. The van der Waals surface area contributed by atoms with E-state index >= 15 is 0 Å². The van der Waals surface area contributed by atoms with Gasteiger partial charge in [-0.25, -0.2) is 4.79 Å². The van der Waals surface area contributed by atoms with Gasteiger partial charge in [0.1, 0.15) is 5.76 Å². The summed E-state index contributed by atoms with van der Waals surface area (Å²) in [6.07, 6.45) is 1.52. The molecular formula is C11H8O3. The quantitative estimate of drug-likeness (QED) is 0.788. The Bertz CT molecular complexity index is 443. The van der Waals surface area contributed by atoms with Crippen LogP contribution in [0, 0.1) is 0 Å². The summed E-state index contributed by atoms with van der Waals surface area (Å²) in [5.41, 5.74) is 0.854. The van der Waals surface area contributed by atoms with E-state index in [1.807, 2.05) is 0 Å². The SMILES string of the molecule is O=C(O)c1ccccc1-c1ccco1. The van der Waals surface area contributed by atoms with Gasteiger partial charge in [0.05, 0.1) is 11.8 Å². The second-order valence-corrected chi connectivity index (χ2v) is 2.83. The lowest BCUT2D eigenvalue weighted by Crippen LogP contribution is -1.98. The van der Waals surface area contributed by atoms with Crippen LogP contribution in [0.1, 0.15) is 10.4 Å². The highest BCUT2D eigenvalue weighted by molar-refractivity contribution is 5.95. The topological polar surface area (TPSA) is 50.4 Å². The van der Waals surface area contributed by atoms with Crippen molar-refractivity contribution in [2.24, 2.45) is 0 Å². The normalized spacial score (nSPS) is 10.0. The van der Waals surface area contributed by atoms with Gasteiger partial charge in [-0.15, -0.1) is 0 Å². The highest BCUT2D eigenvalue weighted by Crippen LogP contribution is 2.23. The van der Waals surface area contributed by atoms with Crippen LogP contribution in [-0.4, -0.2) is 11.1 Å². The highest BCUT2D eigenvalue weighted by Gasteiger charge is 2.11. The van der Waals surface area contributed by atoms with Crippen LogP contribution >= 0.6 is 0 Å². The molecule has 70 valence electrons. The van der Waals surface area contributed by atoms with Crippen LogP contribution in [-0.2, 0) is 0 Å². The number of carboxylic acid groups (broad SMARTS) is 1. The molecule has 2 aromatic rings. The molecule has 0 spiro atoms. The molecule has 0 bridgehead atoms. The average Bonchev–Trinajstić information content (AvgIpc) is 2.70. The molecule has 0 saturated carbocycles. The zero-order valence-corrected chi connectivity index (χ0v) is 7.31. The molecule has 0 saturated heterocycles. The van der Waals surface area contributed by atoms with Crippen molar-refractivity contribution in [3.05, 3.63) is 48.2 Å². The fourth-order valence-corrected chi connectivity index (χ4v) is 1.32. The molecule has 0 radical (unpaired) electrons. The van der Waals surface area contributed by atoms with Gasteiger partial charge in [-0.2, -0.15) is 0 Å². The van der Waals surface area contributed by atoms with Crippen molar-refractivity contribution in [2.45, 2.75) is 0 Å². The van der Waals surface area contributed by atoms with Crippen LogP contribution in [0.5, 0.6) is 0 Å². The maximum Gasteiger partial charge on any atom is 0.336 e. The lowest BCUT2D eigenvalue weighted by molar-refractivity contribution is 0.0697. The van der Waals surface area contributed by atoms with E-state index in [4.69, 9.17) is 9.52 Å². The second-order valence-electron chi connectivity index (χ2n) is 2.83. The van der Waals surface area contributed by atoms with E-state index in [1.54, 1.807) is 36.4 Å². The number of carboxylic acids is 1. The molecular weight excluding hydrogens is 180 g/mol. The monoisotopic (exact) mass is 188 g/mol. The minimum Gasteiger partial charge on any atom is -0.478 e. The van der Waals surface area contributed by atoms with Gasteiger partial charge < -0.3 is 9.52 Å². The van der Waals surface area contributed by atoms with Gasteiger partial charge in [0.25, 0.3) is 0 Å². The zero-order valence-electron chi connectivity index (χ0n) is 7.31. The molecule has 0 aliphatic heterocycles. The lowest BCUT2D eigenvalue weighted by Gasteiger charge is -2.01. The molecule has 0 unspecified atom stereocenters. The van der Waals surface area contributed by atoms with Gasteiger partial charge in [-0.05, 0) is 18.2 Å². The standard InChI is InChI=1S/C11H8O3/c12-11(13)9-5-2-1-4-8(9)10-6-3-7-14-10/h1-7H,(H,12,13). The number of aromatic carboxylic acids is 1. The number of hydrogen-bond donors (Lipinski definition) is 1. The Hall–Kier alpha value is -2.03. The third kappa shape index (κ3) is 1.40. The molecule has 1 aromatic carbocycles. The molecule has 1 aromatic heterocycles. The summed E-state index contributed by atoms with van der Waals surface area (Å²) in [7, 11) is 0. The van der Waals surface area contributed by atoms with Crippen molar-refractivity contribution in [3.63, 3.8) is 0 Å². The van der Waals surface area contributed by atoms with E-state index < -0.39 is 5.97 Å². The molecule has 1 heterocycles. The highest BCUT2D eigenvalue weighted by atomic mass is 16.4. The second kappa shape index (κ2) is 3.38. The number of carbonyl (C=O) groups is 1. The molecule has 0 aliphatic carbocycles. The minimum absolute atomic E-state index is 0.252. The Morgan fingerprint density at radius 1 is 1.14 bits per heavy atom. The van der Waals surface area contributed by atoms with Crippen LogP contribution in [0.3, 0.4) is 0 Å². The molecule has 0 atom stereocenters. The number of benzene rings is 1. The van der Waals surface area contributed by atoms with Crippen molar-refractivity contribution in [2.75, 3.05) is 0 Å². The molecule has 3 heteroatoms. The fourth-order valence-electron chi connectivity index (χ4n) is 1.32. The van der Waals surface area contributed by atoms with Gasteiger partial charge >= 0.3 is 5.97 Å². The summed E-state index contributed by atoms with van der Waals surface area (Å²) >= 11 is 0. The van der Waals surface area contributed by atoms with Crippen LogP contribution in [0.2, 0.25) is 0 Å². The van der Waals surface area contributed by atoms with Crippen molar-refractivity contribution < 1.29 is 14.3 Å². The Morgan fingerprint density at radius 3 is 2.57 bits per heavy atom. The Kier molecular flexibility index (Phi) is 2.07. The zero-order chi connectivity index (χ0) is 9.97.